The SMILES string of the molecule is CN1CCN(c2ccc(Nc3ccc(NC(=O)c4ccccc4)nn3)cc2)CC1. The summed E-state index contributed by atoms with van der Waals surface area (Å²) in [7, 11) is 2.16. The summed E-state index contributed by atoms with van der Waals surface area (Å²) < 4.78 is 0. The molecule has 1 aliphatic rings. The number of carbonyl (C=O) groups is 1. The van der Waals surface area contributed by atoms with Crippen LogP contribution in [-0.4, -0.2) is 54.2 Å². The van der Waals surface area contributed by atoms with Gasteiger partial charge in [-0.05, 0) is 55.6 Å². The maximum absolute atomic E-state index is 12.2. The van der Waals surface area contributed by atoms with Gasteiger partial charge in [0.05, 0.1) is 0 Å². The first kappa shape index (κ1) is 18.9. The zero-order valence-corrected chi connectivity index (χ0v) is 16.4. The zero-order valence-electron chi connectivity index (χ0n) is 16.4. The Morgan fingerprint density at radius 3 is 2.14 bits per heavy atom. The first-order valence-electron chi connectivity index (χ1n) is 9.68. The van der Waals surface area contributed by atoms with Crippen molar-refractivity contribution in [2.45, 2.75) is 0 Å². The van der Waals surface area contributed by atoms with Gasteiger partial charge in [0.1, 0.15) is 0 Å². The number of anilines is 4. The number of carbonyl (C=O) groups excluding carboxylic acids is 1. The van der Waals surface area contributed by atoms with E-state index in [0.717, 1.165) is 31.9 Å². The van der Waals surface area contributed by atoms with E-state index < -0.39 is 0 Å². The number of rotatable bonds is 5. The largest absolute Gasteiger partial charge is 0.369 e. The van der Waals surface area contributed by atoms with E-state index in [1.165, 1.54) is 5.69 Å². The molecule has 29 heavy (non-hydrogen) atoms. The Kier molecular flexibility index (Phi) is 5.67. The number of benzene rings is 2. The van der Waals surface area contributed by atoms with Gasteiger partial charge in [0.15, 0.2) is 11.6 Å². The van der Waals surface area contributed by atoms with Crippen molar-refractivity contribution in [1.29, 1.82) is 0 Å². The Labute approximate surface area is 170 Å². The van der Waals surface area contributed by atoms with Crippen LogP contribution < -0.4 is 15.5 Å². The van der Waals surface area contributed by atoms with Crippen LogP contribution in [-0.2, 0) is 0 Å². The molecular formula is C22H24N6O. The highest BCUT2D eigenvalue weighted by atomic mass is 16.1. The van der Waals surface area contributed by atoms with Crippen molar-refractivity contribution in [3.05, 3.63) is 72.3 Å². The van der Waals surface area contributed by atoms with E-state index in [-0.39, 0.29) is 5.91 Å². The minimum atomic E-state index is -0.208. The summed E-state index contributed by atoms with van der Waals surface area (Å²) in [5.74, 6) is 0.824. The van der Waals surface area contributed by atoms with Crippen LogP contribution >= 0.6 is 0 Å². The molecule has 1 aromatic heterocycles. The normalized spacial score (nSPS) is 14.4. The summed E-state index contributed by atoms with van der Waals surface area (Å²) >= 11 is 0. The minimum Gasteiger partial charge on any atom is -0.369 e. The first-order chi connectivity index (χ1) is 14.2. The third-order valence-electron chi connectivity index (χ3n) is 4.95. The quantitative estimate of drug-likeness (QED) is 0.699. The molecular weight excluding hydrogens is 364 g/mol. The van der Waals surface area contributed by atoms with Gasteiger partial charge in [0, 0.05) is 43.1 Å². The second-order valence-corrected chi connectivity index (χ2v) is 7.09. The van der Waals surface area contributed by atoms with Crippen LogP contribution in [0, 0.1) is 0 Å². The summed E-state index contributed by atoms with van der Waals surface area (Å²) in [4.78, 5) is 16.9. The molecule has 1 amide bonds. The fourth-order valence-electron chi connectivity index (χ4n) is 3.21. The lowest BCUT2D eigenvalue weighted by Gasteiger charge is -2.34. The van der Waals surface area contributed by atoms with Gasteiger partial charge in [-0.1, -0.05) is 18.2 Å². The lowest BCUT2D eigenvalue weighted by molar-refractivity contribution is 0.102. The van der Waals surface area contributed by atoms with Crippen LogP contribution in [0.3, 0.4) is 0 Å². The van der Waals surface area contributed by atoms with Crippen molar-refractivity contribution in [1.82, 2.24) is 15.1 Å². The van der Waals surface area contributed by atoms with Gasteiger partial charge in [0.2, 0.25) is 0 Å². The van der Waals surface area contributed by atoms with E-state index in [1.54, 1.807) is 24.3 Å². The molecule has 7 nitrogen and oxygen atoms in total. The van der Waals surface area contributed by atoms with Gasteiger partial charge < -0.3 is 20.4 Å². The Balaban J connectivity index is 1.34. The molecule has 0 radical (unpaired) electrons. The van der Waals surface area contributed by atoms with Crippen molar-refractivity contribution in [3.63, 3.8) is 0 Å². The van der Waals surface area contributed by atoms with Crippen molar-refractivity contribution in [3.8, 4) is 0 Å². The van der Waals surface area contributed by atoms with Crippen molar-refractivity contribution >= 4 is 28.9 Å². The van der Waals surface area contributed by atoms with Gasteiger partial charge in [-0.2, -0.15) is 0 Å². The fraction of sp³-hybridized carbons (Fsp3) is 0.227. The topological polar surface area (TPSA) is 73.4 Å². The molecule has 2 N–H and O–H groups in total. The molecule has 0 unspecified atom stereocenters. The van der Waals surface area contributed by atoms with Crippen molar-refractivity contribution in [2.75, 3.05) is 48.8 Å². The number of hydrogen-bond acceptors (Lipinski definition) is 6. The van der Waals surface area contributed by atoms with Gasteiger partial charge in [-0.3, -0.25) is 4.79 Å². The van der Waals surface area contributed by atoms with Gasteiger partial charge >= 0.3 is 0 Å². The van der Waals surface area contributed by atoms with Gasteiger partial charge in [-0.15, -0.1) is 10.2 Å². The lowest BCUT2D eigenvalue weighted by Crippen LogP contribution is -2.44. The van der Waals surface area contributed by atoms with E-state index in [0.29, 0.717) is 17.2 Å². The number of nitrogens with zero attached hydrogens (tertiary/aromatic N) is 4. The highest BCUT2D eigenvalue weighted by molar-refractivity contribution is 6.03. The Morgan fingerprint density at radius 1 is 0.828 bits per heavy atom. The molecule has 3 aromatic rings. The minimum absolute atomic E-state index is 0.208. The molecule has 1 saturated heterocycles. The zero-order chi connectivity index (χ0) is 20.1. The summed E-state index contributed by atoms with van der Waals surface area (Å²) in [6.07, 6.45) is 0. The molecule has 0 aliphatic carbocycles. The molecule has 2 aromatic carbocycles. The molecule has 2 heterocycles. The lowest BCUT2D eigenvalue weighted by atomic mass is 10.2. The van der Waals surface area contributed by atoms with Crippen LogP contribution in [0.5, 0.6) is 0 Å². The van der Waals surface area contributed by atoms with Crippen LogP contribution in [0.4, 0.5) is 23.0 Å². The maximum Gasteiger partial charge on any atom is 0.256 e. The van der Waals surface area contributed by atoms with E-state index in [1.807, 2.05) is 30.3 Å². The van der Waals surface area contributed by atoms with Crippen LogP contribution in [0.1, 0.15) is 10.4 Å². The summed E-state index contributed by atoms with van der Waals surface area (Å²) in [6, 6.07) is 20.9. The number of hydrogen-bond donors (Lipinski definition) is 2. The molecule has 4 rings (SSSR count). The molecule has 1 aliphatic heterocycles. The summed E-state index contributed by atoms with van der Waals surface area (Å²) in [6.45, 7) is 4.27. The maximum atomic E-state index is 12.2. The van der Waals surface area contributed by atoms with E-state index in [9.17, 15) is 4.79 Å². The number of piperazine rings is 1. The standard InChI is InChI=1S/C22H24N6O/c1-27-13-15-28(16-14-27)19-9-7-18(8-10-19)23-20-11-12-21(26-25-20)24-22(29)17-5-3-2-4-6-17/h2-12H,13-16H2,1H3,(H,23,25)(H,24,26,29). The molecule has 7 heteroatoms. The molecule has 1 fully saturated rings. The number of likely N-dealkylation sites (N-methyl/N-ethyl adjacent to an activating group) is 1. The van der Waals surface area contributed by atoms with Crippen LogP contribution in [0.15, 0.2) is 66.7 Å². The van der Waals surface area contributed by atoms with E-state index >= 15 is 0 Å². The van der Waals surface area contributed by atoms with Crippen LogP contribution in [0.25, 0.3) is 0 Å². The third kappa shape index (κ3) is 4.89. The number of nitrogens with one attached hydrogen (secondary N) is 2. The predicted octanol–water partition coefficient (Wildman–Crippen LogP) is 3.22. The monoisotopic (exact) mass is 388 g/mol. The number of amides is 1. The van der Waals surface area contributed by atoms with Crippen molar-refractivity contribution in [2.24, 2.45) is 0 Å². The van der Waals surface area contributed by atoms with E-state index in [2.05, 4.69) is 49.8 Å². The summed E-state index contributed by atoms with van der Waals surface area (Å²) in [5.41, 5.74) is 2.75. The molecule has 0 bridgehead atoms. The second kappa shape index (κ2) is 8.70. The molecule has 0 atom stereocenters. The average molecular weight is 388 g/mol. The van der Waals surface area contributed by atoms with Gasteiger partial charge in [-0.25, -0.2) is 0 Å². The third-order valence-corrected chi connectivity index (χ3v) is 4.95. The average Bonchev–Trinajstić information content (AvgIpc) is 2.77. The Hall–Kier alpha value is -3.45. The predicted molar refractivity (Wildman–Crippen MR) is 116 cm³/mol. The first-order valence-corrected chi connectivity index (χ1v) is 9.68. The highest BCUT2D eigenvalue weighted by Crippen LogP contribution is 2.21. The van der Waals surface area contributed by atoms with Crippen molar-refractivity contribution < 1.29 is 4.79 Å². The smallest absolute Gasteiger partial charge is 0.256 e. The molecule has 0 spiro atoms. The van der Waals surface area contributed by atoms with Gasteiger partial charge in [0.25, 0.3) is 5.91 Å². The Morgan fingerprint density at radius 2 is 1.48 bits per heavy atom. The second-order valence-electron chi connectivity index (χ2n) is 7.09. The van der Waals surface area contributed by atoms with E-state index in [4.69, 9.17) is 0 Å². The fourth-order valence-corrected chi connectivity index (χ4v) is 3.21. The number of aromatic nitrogens is 2. The molecule has 148 valence electrons. The summed E-state index contributed by atoms with van der Waals surface area (Å²) in [5, 5.41) is 14.2. The Bertz CT molecular complexity index is 935. The van der Waals surface area contributed by atoms with Crippen LogP contribution in [0.2, 0.25) is 0 Å². The molecule has 0 saturated carbocycles. The highest BCUT2D eigenvalue weighted by Gasteiger charge is 2.14.